The SMILES string of the molecule is COCCC(Cc1ccc(OC)cc1)c1c([C](C)Cc2ccccc2)cc(CCc2ccc(O)cc2)c(C(C)C)c1C(C)Cc1ccccc1. The van der Waals surface area contributed by atoms with Gasteiger partial charge >= 0.3 is 0 Å². The molecular weight excluding hydrogens is 613 g/mol. The monoisotopic (exact) mass is 667 g/mol. The molecule has 5 rings (SSSR count). The summed E-state index contributed by atoms with van der Waals surface area (Å²) >= 11 is 0. The van der Waals surface area contributed by atoms with Gasteiger partial charge in [0.2, 0.25) is 0 Å². The van der Waals surface area contributed by atoms with Gasteiger partial charge in [-0.1, -0.05) is 119 Å². The van der Waals surface area contributed by atoms with E-state index in [-0.39, 0.29) is 5.92 Å². The molecule has 0 aromatic heterocycles. The summed E-state index contributed by atoms with van der Waals surface area (Å²) in [6, 6.07) is 40.7. The average Bonchev–Trinajstić information content (AvgIpc) is 3.13. The van der Waals surface area contributed by atoms with Crippen molar-refractivity contribution in [1.29, 1.82) is 0 Å². The van der Waals surface area contributed by atoms with E-state index in [1.54, 1.807) is 19.2 Å². The van der Waals surface area contributed by atoms with Crippen molar-refractivity contribution in [3.05, 3.63) is 171 Å². The highest BCUT2D eigenvalue weighted by molar-refractivity contribution is 5.56. The van der Waals surface area contributed by atoms with Crippen molar-refractivity contribution in [1.82, 2.24) is 0 Å². The van der Waals surface area contributed by atoms with Crippen LogP contribution in [0.5, 0.6) is 11.5 Å². The first-order valence-electron chi connectivity index (χ1n) is 18.3. The number of aromatic hydroxyl groups is 1. The first-order valence-corrected chi connectivity index (χ1v) is 18.3. The first kappa shape index (κ1) is 36.9. The van der Waals surface area contributed by atoms with Gasteiger partial charge in [0.25, 0.3) is 0 Å². The fourth-order valence-electron chi connectivity index (χ4n) is 7.67. The Labute approximate surface area is 301 Å². The zero-order valence-electron chi connectivity index (χ0n) is 30.9. The molecule has 3 heteroatoms. The maximum absolute atomic E-state index is 9.95. The molecule has 0 saturated carbocycles. The van der Waals surface area contributed by atoms with Crippen molar-refractivity contribution in [3.63, 3.8) is 0 Å². The smallest absolute Gasteiger partial charge is 0.118 e. The van der Waals surface area contributed by atoms with Crippen LogP contribution in [0.4, 0.5) is 0 Å². The standard InChI is InChI=1S/C47H55O3/c1-33(2)45-40(22-17-36-18-23-42(48)24-19-36)32-44(34(3)29-37-13-9-7-10-14-37)47(46(45)35(4)30-38-15-11-8-12-16-38)41(27-28-49-5)31-39-20-25-43(50-6)26-21-39/h7-16,18-21,23-26,32-33,35,41,48H,17,22,27-31H2,1-6H3. The van der Waals surface area contributed by atoms with Crippen molar-refractivity contribution in [2.75, 3.05) is 20.8 Å². The van der Waals surface area contributed by atoms with Crippen LogP contribution in [0.25, 0.3) is 0 Å². The van der Waals surface area contributed by atoms with Gasteiger partial charge in [-0.05, 0) is 131 Å². The molecule has 0 aliphatic rings. The molecule has 261 valence electrons. The highest BCUT2D eigenvalue weighted by Crippen LogP contribution is 2.44. The number of rotatable bonds is 17. The Hall–Kier alpha value is -4.34. The Kier molecular flexibility index (Phi) is 13.3. The summed E-state index contributed by atoms with van der Waals surface area (Å²) < 4.78 is 11.3. The van der Waals surface area contributed by atoms with Crippen molar-refractivity contribution in [2.45, 2.75) is 84.0 Å². The van der Waals surface area contributed by atoms with Crippen molar-refractivity contribution in [2.24, 2.45) is 0 Å². The zero-order chi connectivity index (χ0) is 35.5. The van der Waals surface area contributed by atoms with E-state index in [1.165, 1.54) is 56.0 Å². The molecule has 2 unspecified atom stereocenters. The molecule has 0 saturated heterocycles. The Morgan fingerprint density at radius 2 is 1.24 bits per heavy atom. The lowest BCUT2D eigenvalue weighted by atomic mass is 9.71. The fraction of sp³-hybridized carbons (Fsp3) is 0.340. The molecule has 3 nitrogen and oxygen atoms in total. The molecule has 5 aromatic rings. The molecule has 0 amide bonds. The molecule has 0 bridgehead atoms. The van der Waals surface area contributed by atoms with Crippen LogP contribution >= 0.6 is 0 Å². The summed E-state index contributed by atoms with van der Waals surface area (Å²) in [5.41, 5.74) is 12.6. The van der Waals surface area contributed by atoms with Gasteiger partial charge in [0.05, 0.1) is 7.11 Å². The van der Waals surface area contributed by atoms with Crippen LogP contribution in [0.2, 0.25) is 0 Å². The average molecular weight is 668 g/mol. The number of benzene rings is 5. The van der Waals surface area contributed by atoms with Crippen molar-refractivity contribution < 1.29 is 14.6 Å². The van der Waals surface area contributed by atoms with Crippen LogP contribution in [0.15, 0.2) is 115 Å². The van der Waals surface area contributed by atoms with E-state index in [2.05, 4.69) is 131 Å². The predicted molar refractivity (Wildman–Crippen MR) is 209 cm³/mol. The Morgan fingerprint density at radius 1 is 0.640 bits per heavy atom. The summed E-state index contributed by atoms with van der Waals surface area (Å²) in [7, 11) is 3.55. The molecule has 5 aromatic carbocycles. The van der Waals surface area contributed by atoms with E-state index < -0.39 is 0 Å². The maximum Gasteiger partial charge on any atom is 0.118 e. The summed E-state index contributed by atoms with van der Waals surface area (Å²) in [5, 5.41) is 9.95. The van der Waals surface area contributed by atoms with Gasteiger partial charge in [0.15, 0.2) is 0 Å². The van der Waals surface area contributed by atoms with Gasteiger partial charge in [-0.25, -0.2) is 0 Å². The van der Waals surface area contributed by atoms with Crippen LogP contribution in [0.3, 0.4) is 0 Å². The molecular formula is C47H55O3. The number of aryl methyl sites for hydroxylation is 2. The van der Waals surface area contributed by atoms with Gasteiger partial charge in [-0.15, -0.1) is 0 Å². The molecule has 1 N–H and O–H groups in total. The topological polar surface area (TPSA) is 38.7 Å². The van der Waals surface area contributed by atoms with Crippen LogP contribution in [0, 0.1) is 5.92 Å². The van der Waals surface area contributed by atoms with Crippen molar-refractivity contribution >= 4 is 0 Å². The molecule has 1 radical (unpaired) electrons. The predicted octanol–water partition coefficient (Wildman–Crippen LogP) is 11.2. The summed E-state index contributed by atoms with van der Waals surface area (Å²) in [4.78, 5) is 0. The van der Waals surface area contributed by atoms with E-state index in [9.17, 15) is 5.11 Å². The number of phenols is 1. The summed E-state index contributed by atoms with van der Waals surface area (Å²) in [6.07, 6.45) is 5.60. The minimum atomic E-state index is 0.265. The number of ether oxygens (including phenoxy) is 2. The highest BCUT2D eigenvalue weighted by Gasteiger charge is 2.30. The zero-order valence-corrected chi connectivity index (χ0v) is 30.9. The normalized spacial score (nSPS) is 12.7. The molecule has 2 atom stereocenters. The van der Waals surface area contributed by atoms with Crippen LogP contribution in [0.1, 0.15) is 102 Å². The number of methoxy groups -OCH3 is 2. The largest absolute Gasteiger partial charge is 0.508 e. The third kappa shape index (κ3) is 9.67. The minimum absolute atomic E-state index is 0.265. The van der Waals surface area contributed by atoms with E-state index >= 15 is 0 Å². The Morgan fingerprint density at radius 3 is 1.84 bits per heavy atom. The number of hydrogen-bond acceptors (Lipinski definition) is 3. The van der Waals surface area contributed by atoms with Crippen molar-refractivity contribution in [3.8, 4) is 11.5 Å². The fourth-order valence-corrected chi connectivity index (χ4v) is 7.67. The van der Waals surface area contributed by atoms with Gasteiger partial charge in [0.1, 0.15) is 11.5 Å². The maximum atomic E-state index is 9.95. The van der Waals surface area contributed by atoms with E-state index in [1.807, 2.05) is 7.11 Å². The molecule has 0 aliphatic carbocycles. The lowest BCUT2D eigenvalue weighted by Crippen LogP contribution is -2.20. The van der Waals surface area contributed by atoms with E-state index in [0.29, 0.717) is 24.2 Å². The van der Waals surface area contributed by atoms with Gasteiger partial charge in [-0.2, -0.15) is 0 Å². The van der Waals surface area contributed by atoms with Crippen LogP contribution < -0.4 is 4.74 Å². The Balaban J connectivity index is 1.73. The lowest BCUT2D eigenvalue weighted by molar-refractivity contribution is 0.187. The number of hydrogen-bond donors (Lipinski definition) is 1. The lowest BCUT2D eigenvalue weighted by Gasteiger charge is -2.34. The first-order chi connectivity index (χ1) is 24.3. The van der Waals surface area contributed by atoms with E-state index in [0.717, 1.165) is 44.3 Å². The molecule has 0 heterocycles. The molecule has 0 spiro atoms. The third-order valence-electron chi connectivity index (χ3n) is 10.1. The van der Waals surface area contributed by atoms with E-state index in [4.69, 9.17) is 9.47 Å². The second-order valence-electron chi connectivity index (χ2n) is 14.2. The highest BCUT2D eigenvalue weighted by atomic mass is 16.5. The Bertz CT molecular complexity index is 1740. The minimum Gasteiger partial charge on any atom is -0.508 e. The molecule has 50 heavy (non-hydrogen) atoms. The quantitative estimate of drug-likeness (QED) is 0.107. The van der Waals surface area contributed by atoms with Crippen LogP contribution in [-0.4, -0.2) is 25.9 Å². The second-order valence-corrected chi connectivity index (χ2v) is 14.2. The summed E-state index contributed by atoms with van der Waals surface area (Å²) in [5.74, 6) is 3.52. The molecule has 0 aliphatic heterocycles. The third-order valence-corrected chi connectivity index (χ3v) is 10.1. The number of phenolic OH excluding ortho intramolecular Hbond substituents is 1. The summed E-state index contributed by atoms with van der Waals surface area (Å²) in [6.45, 7) is 10.2. The van der Waals surface area contributed by atoms with Crippen LogP contribution in [-0.2, 0) is 36.8 Å². The van der Waals surface area contributed by atoms with Gasteiger partial charge in [-0.3, -0.25) is 0 Å². The second kappa shape index (κ2) is 18.1. The van der Waals surface area contributed by atoms with Gasteiger partial charge in [0, 0.05) is 19.6 Å². The molecule has 0 fully saturated rings. The van der Waals surface area contributed by atoms with Gasteiger partial charge < -0.3 is 14.6 Å².